The van der Waals surface area contributed by atoms with Crippen LogP contribution in [0, 0.1) is 0 Å². The van der Waals surface area contributed by atoms with Gasteiger partial charge >= 0.3 is 0 Å². The van der Waals surface area contributed by atoms with Crippen LogP contribution in [0.2, 0.25) is 0 Å². The smallest absolute Gasteiger partial charge is 0.267 e. The van der Waals surface area contributed by atoms with Gasteiger partial charge in [-0.2, -0.15) is 5.10 Å². The van der Waals surface area contributed by atoms with Gasteiger partial charge in [-0.1, -0.05) is 24.3 Å². The largest absolute Gasteiger partial charge is 0.376 e. The standard InChI is InChI=1S/C23H27N3O4/c27-21-13-16-14-29-11-10-20(16)25-26(21)18-7-5-17(6-8-18)24-23(28)22-19-4-2-1-3-15(19)9-12-30-22/h1-4,13,17-18,22H,5-12,14H2,(H,24,28). The van der Waals surface area contributed by atoms with Crippen molar-refractivity contribution in [2.45, 2.75) is 63.3 Å². The highest BCUT2D eigenvalue weighted by atomic mass is 16.5. The van der Waals surface area contributed by atoms with Crippen LogP contribution in [0.4, 0.5) is 0 Å². The molecule has 1 fully saturated rings. The number of hydrogen-bond donors (Lipinski definition) is 1. The van der Waals surface area contributed by atoms with Gasteiger partial charge in [-0.3, -0.25) is 9.59 Å². The molecule has 1 aromatic heterocycles. The van der Waals surface area contributed by atoms with Gasteiger partial charge < -0.3 is 14.8 Å². The molecule has 1 unspecified atom stereocenters. The first-order valence-corrected chi connectivity index (χ1v) is 10.9. The van der Waals surface area contributed by atoms with Crippen LogP contribution in [0.3, 0.4) is 0 Å². The molecule has 3 aliphatic rings. The minimum absolute atomic E-state index is 0.0565. The number of ether oxygens (including phenoxy) is 2. The number of nitrogens with one attached hydrogen (secondary N) is 1. The second-order valence-corrected chi connectivity index (χ2v) is 8.42. The lowest BCUT2D eigenvalue weighted by Gasteiger charge is -2.32. The third-order valence-corrected chi connectivity index (χ3v) is 6.48. The summed E-state index contributed by atoms with van der Waals surface area (Å²) in [5.41, 5.74) is 4.00. The Bertz CT molecular complexity index is 994. The maximum Gasteiger partial charge on any atom is 0.267 e. The highest BCUT2D eigenvalue weighted by Gasteiger charge is 2.31. The quantitative estimate of drug-likeness (QED) is 0.841. The van der Waals surface area contributed by atoms with Crippen LogP contribution in [0.5, 0.6) is 0 Å². The van der Waals surface area contributed by atoms with Crippen LogP contribution in [-0.4, -0.2) is 34.9 Å². The molecule has 2 aliphatic heterocycles. The molecule has 1 amide bonds. The first-order valence-electron chi connectivity index (χ1n) is 10.9. The average Bonchev–Trinajstić information content (AvgIpc) is 2.79. The third-order valence-electron chi connectivity index (χ3n) is 6.48. The summed E-state index contributed by atoms with van der Waals surface area (Å²) in [7, 11) is 0. The number of hydrogen-bond acceptors (Lipinski definition) is 5. The van der Waals surface area contributed by atoms with E-state index in [0.29, 0.717) is 19.8 Å². The Balaban J connectivity index is 1.22. The molecule has 1 saturated carbocycles. The molecular formula is C23H27N3O4. The van der Waals surface area contributed by atoms with Crippen molar-refractivity contribution in [1.29, 1.82) is 0 Å². The number of benzene rings is 1. The molecule has 2 aromatic rings. The summed E-state index contributed by atoms with van der Waals surface area (Å²) in [4.78, 5) is 25.4. The first-order chi connectivity index (χ1) is 14.7. The zero-order valence-corrected chi connectivity index (χ0v) is 17.0. The molecule has 158 valence electrons. The SMILES string of the molecule is O=C(NC1CCC(n2nc3c(cc2=O)COCC3)CC1)C1OCCc2ccccc21. The molecule has 0 saturated heterocycles. The van der Waals surface area contributed by atoms with Crippen molar-refractivity contribution in [1.82, 2.24) is 15.1 Å². The summed E-state index contributed by atoms with van der Waals surface area (Å²) in [6, 6.07) is 9.87. The molecule has 0 radical (unpaired) electrons. The topological polar surface area (TPSA) is 82.5 Å². The van der Waals surface area contributed by atoms with E-state index in [4.69, 9.17) is 9.47 Å². The number of amides is 1. The Morgan fingerprint density at radius 1 is 1.07 bits per heavy atom. The second-order valence-electron chi connectivity index (χ2n) is 8.42. The Hall–Kier alpha value is -2.51. The van der Waals surface area contributed by atoms with E-state index in [0.717, 1.165) is 55.3 Å². The fourth-order valence-electron chi connectivity index (χ4n) is 4.84. The molecular weight excluding hydrogens is 382 g/mol. The molecule has 7 nitrogen and oxygen atoms in total. The van der Waals surface area contributed by atoms with Gasteiger partial charge in [0, 0.05) is 24.1 Å². The van der Waals surface area contributed by atoms with Crippen LogP contribution in [-0.2, 0) is 33.7 Å². The second kappa shape index (κ2) is 8.32. The van der Waals surface area contributed by atoms with Gasteiger partial charge in [-0.05, 0) is 43.2 Å². The Morgan fingerprint density at radius 2 is 1.90 bits per heavy atom. The number of rotatable bonds is 3. The predicted octanol–water partition coefficient (Wildman–Crippen LogP) is 2.23. The normalized spacial score (nSPS) is 25.8. The first kappa shape index (κ1) is 19.5. The maximum absolute atomic E-state index is 12.9. The van der Waals surface area contributed by atoms with Crippen LogP contribution in [0.1, 0.15) is 60.2 Å². The summed E-state index contributed by atoms with van der Waals surface area (Å²) < 4.78 is 12.9. The molecule has 1 atom stereocenters. The van der Waals surface area contributed by atoms with Crippen LogP contribution < -0.4 is 10.9 Å². The van der Waals surface area contributed by atoms with E-state index in [1.807, 2.05) is 18.2 Å². The van der Waals surface area contributed by atoms with Gasteiger partial charge in [-0.25, -0.2) is 4.68 Å². The van der Waals surface area contributed by atoms with Gasteiger partial charge in [0.15, 0.2) is 6.10 Å². The lowest BCUT2D eigenvalue weighted by molar-refractivity contribution is -0.135. The molecule has 1 aliphatic carbocycles. The highest BCUT2D eigenvalue weighted by Crippen LogP contribution is 2.30. The Kier molecular flexibility index (Phi) is 5.39. The predicted molar refractivity (Wildman–Crippen MR) is 110 cm³/mol. The molecule has 1 N–H and O–H groups in total. The lowest BCUT2D eigenvalue weighted by atomic mass is 9.90. The number of nitrogens with zero attached hydrogens (tertiary/aromatic N) is 2. The van der Waals surface area contributed by atoms with Crippen molar-refractivity contribution in [3.8, 4) is 0 Å². The van der Waals surface area contributed by atoms with Crippen LogP contribution in [0.25, 0.3) is 0 Å². The van der Waals surface area contributed by atoms with Crippen molar-refractivity contribution in [2.24, 2.45) is 0 Å². The van der Waals surface area contributed by atoms with E-state index in [-0.39, 0.29) is 23.6 Å². The van der Waals surface area contributed by atoms with Crippen molar-refractivity contribution in [3.63, 3.8) is 0 Å². The van der Waals surface area contributed by atoms with Gasteiger partial charge in [0.25, 0.3) is 11.5 Å². The number of aromatic nitrogens is 2. The summed E-state index contributed by atoms with van der Waals surface area (Å²) in [6.45, 7) is 1.70. The number of fused-ring (bicyclic) bond motifs is 2. The van der Waals surface area contributed by atoms with Gasteiger partial charge in [0.1, 0.15) is 0 Å². The number of carbonyl (C=O) groups is 1. The van der Waals surface area contributed by atoms with E-state index in [2.05, 4.69) is 16.5 Å². The van der Waals surface area contributed by atoms with Crippen molar-refractivity contribution in [3.05, 3.63) is 63.1 Å². The van der Waals surface area contributed by atoms with Crippen molar-refractivity contribution < 1.29 is 14.3 Å². The van der Waals surface area contributed by atoms with E-state index in [1.165, 1.54) is 5.56 Å². The summed E-state index contributed by atoms with van der Waals surface area (Å²) in [6.07, 6.45) is 4.39. The van der Waals surface area contributed by atoms with Gasteiger partial charge in [-0.15, -0.1) is 0 Å². The minimum Gasteiger partial charge on any atom is -0.376 e. The molecule has 0 bridgehead atoms. The van der Waals surface area contributed by atoms with Gasteiger partial charge in [0.05, 0.1) is 31.6 Å². The minimum atomic E-state index is -0.528. The summed E-state index contributed by atoms with van der Waals surface area (Å²) in [5.74, 6) is -0.0605. The maximum atomic E-state index is 12.9. The molecule has 5 rings (SSSR count). The Labute approximate surface area is 175 Å². The average molecular weight is 409 g/mol. The lowest BCUT2D eigenvalue weighted by Crippen LogP contribution is -2.43. The molecule has 7 heteroatoms. The van der Waals surface area contributed by atoms with E-state index < -0.39 is 6.10 Å². The molecule has 3 heterocycles. The molecule has 0 spiro atoms. The fourth-order valence-corrected chi connectivity index (χ4v) is 4.84. The van der Waals surface area contributed by atoms with E-state index in [9.17, 15) is 9.59 Å². The van der Waals surface area contributed by atoms with Crippen LogP contribution >= 0.6 is 0 Å². The highest BCUT2D eigenvalue weighted by molar-refractivity contribution is 5.83. The van der Waals surface area contributed by atoms with E-state index in [1.54, 1.807) is 10.7 Å². The van der Waals surface area contributed by atoms with Gasteiger partial charge in [0.2, 0.25) is 0 Å². The fraction of sp³-hybridized carbons (Fsp3) is 0.522. The summed E-state index contributed by atoms with van der Waals surface area (Å²) >= 11 is 0. The molecule has 1 aromatic carbocycles. The third kappa shape index (κ3) is 3.79. The van der Waals surface area contributed by atoms with Crippen LogP contribution in [0.15, 0.2) is 35.1 Å². The van der Waals surface area contributed by atoms with Crippen molar-refractivity contribution in [2.75, 3.05) is 13.2 Å². The summed E-state index contributed by atoms with van der Waals surface area (Å²) in [5, 5.41) is 7.82. The number of carbonyl (C=O) groups excluding carboxylic acids is 1. The zero-order valence-electron chi connectivity index (χ0n) is 17.0. The molecule has 30 heavy (non-hydrogen) atoms. The van der Waals surface area contributed by atoms with E-state index >= 15 is 0 Å². The zero-order chi connectivity index (χ0) is 20.5. The monoisotopic (exact) mass is 409 g/mol. The van der Waals surface area contributed by atoms with Crippen molar-refractivity contribution >= 4 is 5.91 Å². The Morgan fingerprint density at radius 3 is 2.77 bits per heavy atom.